The topological polar surface area (TPSA) is 51.5 Å². The molecule has 4 heteroatoms. The molecule has 0 aliphatic heterocycles. The van der Waals surface area contributed by atoms with Crippen LogP contribution in [0.4, 0.5) is 0 Å². The number of aromatic carboxylic acids is 1. The molecule has 17 heavy (non-hydrogen) atoms. The molecule has 0 bridgehead atoms. The Balaban J connectivity index is 2.16. The van der Waals surface area contributed by atoms with Crippen molar-refractivity contribution < 1.29 is 14.6 Å². The van der Waals surface area contributed by atoms with Crippen molar-refractivity contribution in [2.75, 3.05) is 7.11 Å². The van der Waals surface area contributed by atoms with E-state index >= 15 is 0 Å². The maximum Gasteiger partial charge on any atom is 0.337 e. The van der Waals surface area contributed by atoms with Gasteiger partial charge < -0.3 is 14.4 Å². The molecule has 0 amide bonds. The average Bonchev–Trinajstić information content (AvgIpc) is 2.78. The summed E-state index contributed by atoms with van der Waals surface area (Å²) in [5.41, 5.74) is 1.37. The molecule has 2 rings (SSSR count). The number of carboxylic acids is 1. The number of rotatable bonds is 4. The van der Waals surface area contributed by atoms with Crippen LogP contribution in [0.25, 0.3) is 0 Å². The van der Waals surface area contributed by atoms with Gasteiger partial charge in [0.25, 0.3) is 0 Å². The second-order valence-electron chi connectivity index (χ2n) is 3.73. The molecule has 0 unspecified atom stereocenters. The maximum atomic E-state index is 10.7. The van der Waals surface area contributed by atoms with Crippen molar-refractivity contribution in [3.05, 3.63) is 53.9 Å². The van der Waals surface area contributed by atoms with E-state index in [1.165, 1.54) is 0 Å². The van der Waals surface area contributed by atoms with Gasteiger partial charge in [0.15, 0.2) is 0 Å². The Morgan fingerprint density at radius 2 is 2.24 bits per heavy atom. The molecule has 4 nitrogen and oxygen atoms in total. The fourth-order valence-electron chi connectivity index (χ4n) is 1.65. The summed E-state index contributed by atoms with van der Waals surface area (Å²) in [5.74, 6) is -0.109. The minimum absolute atomic E-state index is 0.299. The lowest BCUT2D eigenvalue weighted by molar-refractivity contribution is 0.0697. The minimum atomic E-state index is -0.908. The van der Waals surface area contributed by atoms with Gasteiger partial charge >= 0.3 is 5.97 Å². The molecule has 0 saturated carbocycles. The van der Waals surface area contributed by atoms with Crippen LogP contribution < -0.4 is 4.74 Å². The van der Waals surface area contributed by atoms with Crippen LogP contribution in [0.5, 0.6) is 5.75 Å². The van der Waals surface area contributed by atoms with Crippen LogP contribution in [-0.2, 0) is 6.54 Å². The zero-order valence-electron chi connectivity index (χ0n) is 9.46. The number of carboxylic acid groups (broad SMARTS) is 1. The predicted octanol–water partition coefficient (Wildman–Crippen LogP) is 2.24. The fraction of sp³-hybridized carbons (Fsp3) is 0.154. The van der Waals surface area contributed by atoms with Crippen molar-refractivity contribution in [1.82, 2.24) is 4.57 Å². The standard InChI is InChI=1S/C13H13NO3/c1-17-12-4-2-3-10(7-12)8-14-6-5-11(9-14)13(15)16/h2-7,9H,8H2,1H3,(H,15,16). The molecule has 88 valence electrons. The molecule has 2 aromatic rings. The number of hydrogen-bond donors (Lipinski definition) is 1. The first-order valence-electron chi connectivity index (χ1n) is 5.21. The second-order valence-corrected chi connectivity index (χ2v) is 3.73. The van der Waals surface area contributed by atoms with Crippen LogP contribution >= 0.6 is 0 Å². The lowest BCUT2D eigenvalue weighted by atomic mass is 10.2. The molecule has 0 aliphatic carbocycles. The van der Waals surface area contributed by atoms with E-state index in [4.69, 9.17) is 9.84 Å². The number of aromatic nitrogens is 1. The largest absolute Gasteiger partial charge is 0.497 e. The first kappa shape index (κ1) is 11.3. The highest BCUT2D eigenvalue weighted by atomic mass is 16.5. The van der Waals surface area contributed by atoms with Gasteiger partial charge in [0.05, 0.1) is 12.7 Å². The van der Waals surface area contributed by atoms with Gasteiger partial charge in [-0.1, -0.05) is 12.1 Å². The predicted molar refractivity (Wildman–Crippen MR) is 63.5 cm³/mol. The summed E-state index contributed by atoms with van der Waals surface area (Å²) in [7, 11) is 1.62. The zero-order valence-corrected chi connectivity index (χ0v) is 9.46. The van der Waals surface area contributed by atoms with Gasteiger partial charge in [0.2, 0.25) is 0 Å². The van der Waals surface area contributed by atoms with Gasteiger partial charge in [0.1, 0.15) is 5.75 Å². The second kappa shape index (κ2) is 4.74. The molecule has 0 atom stereocenters. The van der Waals surface area contributed by atoms with Crippen LogP contribution in [0, 0.1) is 0 Å². The molecule has 0 spiro atoms. The van der Waals surface area contributed by atoms with Crippen LogP contribution in [0.15, 0.2) is 42.7 Å². The third-order valence-electron chi connectivity index (χ3n) is 2.50. The molecule has 1 heterocycles. The number of hydrogen-bond acceptors (Lipinski definition) is 2. The molecule has 0 aliphatic rings. The Hall–Kier alpha value is -2.23. The molecule has 0 fully saturated rings. The van der Waals surface area contributed by atoms with E-state index in [1.807, 2.05) is 28.8 Å². The maximum absolute atomic E-state index is 10.7. The molecule has 1 N–H and O–H groups in total. The summed E-state index contributed by atoms with van der Waals surface area (Å²) >= 11 is 0. The summed E-state index contributed by atoms with van der Waals surface area (Å²) in [6.07, 6.45) is 3.37. The number of methoxy groups -OCH3 is 1. The first-order chi connectivity index (χ1) is 8.19. The van der Waals surface area contributed by atoms with E-state index in [9.17, 15) is 4.79 Å². The highest BCUT2D eigenvalue weighted by Gasteiger charge is 2.04. The molecule has 0 saturated heterocycles. The van der Waals surface area contributed by atoms with E-state index in [-0.39, 0.29) is 0 Å². The van der Waals surface area contributed by atoms with Crippen molar-refractivity contribution in [3.63, 3.8) is 0 Å². The van der Waals surface area contributed by atoms with E-state index in [0.29, 0.717) is 12.1 Å². The Kier molecular flexibility index (Phi) is 3.14. The SMILES string of the molecule is COc1cccc(Cn2ccc(C(=O)O)c2)c1. The minimum Gasteiger partial charge on any atom is -0.497 e. The summed E-state index contributed by atoms with van der Waals surface area (Å²) in [4.78, 5) is 10.7. The third kappa shape index (κ3) is 2.66. The molecule has 1 aromatic heterocycles. The van der Waals surface area contributed by atoms with E-state index in [1.54, 1.807) is 25.6 Å². The molecular formula is C13H13NO3. The Morgan fingerprint density at radius 1 is 1.41 bits per heavy atom. The van der Waals surface area contributed by atoms with Crippen molar-refractivity contribution in [2.24, 2.45) is 0 Å². The van der Waals surface area contributed by atoms with Crippen molar-refractivity contribution in [3.8, 4) is 5.75 Å². The highest BCUT2D eigenvalue weighted by Crippen LogP contribution is 2.14. The van der Waals surface area contributed by atoms with E-state index < -0.39 is 5.97 Å². The third-order valence-corrected chi connectivity index (χ3v) is 2.50. The first-order valence-corrected chi connectivity index (χ1v) is 5.21. The van der Waals surface area contributed by atoms with E-state index in [2.05, 4.69) is 0 Å². The lowest BCUT2D eigenvalue weighted by Gasteiger charge is -2.05. The quantitative estimate of drug-likeness (QED) is 0.878. The van der Waals surface area contributed by atoms with Gasteiger partial charge in [-0.3, -0.25) is 0 Å². The average molecular weight is 231 g/mol. The smallest absolute Gasteiger partial charge is 0.337 e. The van der Waals surface area contributed by atoms with Crippen molar-refractivity contribution >= 4 is 5.97 Å². The number of benzene rings is 1. The van der Waals surface area contributed by atoms with Gasteiger partial charge in [-0.25, -0.2) is 4.79 Å². The monoisotopic (exact) mass is 231 g/mol. The Bertz CT molecular complexity index is 531. The molecule has 1 aromatic carbocycles. The van der Waals surface area contributed by atoms with Gasteiger partial charge in [0, 0.05) is 18.9 Å². The number of carbonyl (C=O) groups is 1. The fourth-order valence-corrected chi connectivity index (χ4v) is 1.65. The summed E-state index contributed by atoms with van der Waals surface area (Å²) in [6.45, 7) is 0.629. The summed E-state index contributed by atoms with van der Waals surface area (Å²) in [6, 6.07) is 9.28. The van der Waals surface area contributed by atoms with Crippen molar-refractivity contribution in [1.29, 1.82) is 0 Å². The van der Waals surface area contributed by atoms with Crippen LogP contribution in [0.1, 0.15) is 15.9 Å². The zero-order chi connectivity index (χ0) is 12.3. The number of nitrogens with zero attached hydrogens (tertiary/aromatic N) is 1. The normalized spacial score (nSPS) is 10.2. The lowest BCUT2D eigenvalue weighted by Crippen LogP contribution is -1.98. The Morgan fingerprint density at radius 3 is 2.88 bits per heavy atom. The highest BCUT2D eigenvalue weighted by molar-refractivity contribution is 5.87. The molecular weight excluding hydrogens is 218 g/mol. The van der Waals surface area contributed by atoms with Crippen LogP contribution in [0.3, 0.4) is 0 Å². The summed E-state index contributed by atoms with van der Waals surface area (Å²) in [5, 5.41) is 8.81. The van der Waals surface area contributed by atoms with Crippen LogP contribution in [-0.4, -0.2) is 22.8 Å². The van der Waals surface area contributed by atoms with Gasteiger partial charge in [-0.15, -0.1) is 0 Å². The van der Waals surface area contributed by atoms with E-state index in [0.717, 1.165) is 11.3 Å². The van der Waals surface area contributed by atoms with Crippen LogP contribution in [0.2, 0.25) is 0 Å². The van der Waals surface area contributed by atoms with Gasteiger partial charge in [-0.05, 0) is 23.8 Å². The Labute approximate surface area is 99.1 Å². The number of ether oxygens (including phenoxy) is 1. The van der Waals surface area contributed by atoms with Crippen molar-refractivity contribution in [2.45, 2.75) is 6.54 Å². The van der Waals surface area contributed by atoms with Gasteiger partial charge in [-0.2, -0.15) is 0 Å². The molecule has 0 radical (unpaired) electrons. The summed E-state index contributed by atoms with van der Waals surface area (Å²) < 4.78 is 6.96.